The van der Waals surface area contributed by atoms with Crippen molar-refractivity contribution in [3.8, 4) is 11.5 Å². The first kappa shape index (κ1) is 18.0. The lowest BCUT2D eigenvalue weighted by Gasteiger charge is -2.27. The molecule has 0 aliphatic carbocycles. The van der Waals surface area contributed by atoms with Gasteiger partial charge in [-0.2, -0.15) is 0 Å². The van der Waals surface area contributed by atoms with Crippen molar-refractivity contribution in [2.24, 2.45) is 4.99 Å². The van der Waals surface area contributed by atoms with Crippen molar-refractivity contribution in [3.63, 3.8) is 0 Å². The van der Waals surface area contributed by atoms with Crippen molar-refractivity contribution >= 4 is 23.5 Å². The number of guanidine groups is 1. The van der Waals surface area contributed by atoms with Crippen LogP contribution >= 0.6 is 0 Å². The average molecular weight is 362 g/mol. The van der Waals surface area contributed by atoms with Gasteiger partial charge in [-0.3, -0.25) is 14.9 Å². The highest BCUT2D eigenvalue weighted by Gasteiger charge is 2.31. The summed E-state index contributed by atoms with van der Waals surface area (Å²) in [7, 11) is 3.06. The minimum absolute atomic E-state index is 0.0468. The quantitative estimate of drug-likeness (QED) is 0.777. The Morgan fingerprint density at radius 1 is 1.35 bits per heavy atom. The second-order valence-corrected chi connectivity index (χ2v) is 5.88. The van der Waals surface area contributed by atoms with Crippen molar-refractivity contribution in [1.29, 1.82) is 0 Å². The Morgan fingerprint density at radius 2 is 2.12 bits per heavy atom. The number of anilines is 1. The zero-order valence-corrected chi connectivity index (χ0v) is 14.8. The molecule has 0 unspecified atom stereocenters. The topological polar surface area (TPSA) is 101 Å². The molecule has 0 bridgehead atoms. The van der Waals surface area contributed by atoms with E-state index in [-0.39, 0.29) is 18.2 Å². The normalized spacial score (nSPS) is 19.6. The summed E-state index contributed by atoms with van der Waals surface area (Å²) >= 11 is 0. The van der Waals surface area contributed by atoms with Crippen molar-refractivity contribution in [2.45, 2.75) is 12.5 Å². The van der Waals surface area contributed by atoms with E-state index in [0.29, 0.717) is 49.4 Å². The van der Waals surface area contributed by atoms with Gasteiger partial charge in [0.2, 0.25) is 11.9 Å². The molecule has 1 saturated heterocycles. The Balaban J connectivity index is 1.62. The lowest BCUT2D eigenvalue weighted by Crippen LogP contribution is -2.46. The summed E-state index contributed by atoms with van der Waals surface area (Å²) in [6.45, 7) is 2.52. The molecule has 0 spiro atoms. The molecule has 9 nitrogen and oxygen atoms in total. The molecule has 2 heterocycles. The fourth-order valence-electron chi connectivity index (χ4n) is 2.78. The molecule has 0 aromatic heterocycles. The molecule has 1 aromatic carbocycles. The van der Waals surface area contributed by atoms with Crippen LogP contribution < -0.4 is 20.1 Å². The van der Waals surface area contributed by atoms with Gasteiger partial charge in [0.1, 0.15) is 17.5 Å². The molecule has 26 heavy (non-hydrogen) atoms. The SMILES string of the molecule is COc1ccc(NC(=O)C[C@@H]2N=C(N3CCOCC3)NC2=O)c(OC)c1. The molecule has 3 rings (SSSR count). The van der Waals surface area contributed by atoms with Gasteiger partial charge in [0.05, 0.1) is 39.5 Å². The predicted octanol–water partition coefficient (Wildman–Crippen LogP) is 0.219. The Labute approximate surface area is 151 Å². The van der Waals surface area contributed by atoms with Crippen LogP contribution in [0.15, 0.2) is 23.2 Å². The fraction of sp³-hybridized carbons (Fsp3) is 0.471. The summed E-state index contributed by atoms with van der Waals surface area (Å²) < 4.78 is 15.7. The summed E-state index contributed by atoms with van der Waals surface area (Å²) in [6, 6.07) is 4.34. The number of hydrogen-bond donors (Lipinski definition) is 2. The summed E-state index contributed by atoms with van der Waals surface area (Å²) in [5.41, 5.74) is 0.508. The Hall–Kier alpha value is -2.81. The third kappa shape index (κ3) is 4.05. The highest BCUT2D eigenvalue weighted by Crippen LogP contribution is 2.29. The van der Waals surface area contributed by atoms with Gasteiger partial charge in [-0.05, 0) is 12.1 Å². The molecule has 2 amide bonds. The summed E-state index contributed by atoms with van der Waals surface area (Å²) in [5, 5.41) is 5.49. The number of rotatable bonds is 5. The molecule has 140 valence electrons. The van der Waals surface area contributed by atoms with Crippen molar-refractivity contribution in [3.05, 3.63) is 18.2 Å². The molecule has 2 aliphatic heterocycles. The van der Waals surface area contributed by atoms with Gasteiger partial charge in [-0.1, -0.05) is 0 Å². The summed E-state index contributed by atoms with van der Waals surface area (Å²) in [6.07, 6.45) is -0.0468. The zero-order valence-electron chi connectivity index (χ0n) is 14.8. The maximum atomic E-state index is 12.3. The van der Waals surface area contributed by atoms with Crippen LogP contribution in [-0.2, 0) is 14.3 Å². The number of carbonyl (C=O) groups excluding carboxylic acids is 2. The molecule has 2 aliphatic rings. The first-order valence-corrected chi connectivity index (χ1v) is 8.34. The molecule has 9 heteroatoms. The van der Waals surface area contributed by atoms with Crippen LogP contribution in [0.3, 0.4) is 0 Å². The Bertz CT molecular complexity index is 715. The number of ether oxygens (including phenoxy) is 3. The predicted molar refractivity (Wildman–Crippen MR) is 94.6 cm³/mol. The van der Waals surface area contributed by atoms with Crippen molar-refractivity contribution < 1.29 is 23.8 Å². The molecule has 0 saturated carbocycles. The number of nitrogens with one attached hydrogen (secondary N) is 2. The highest BCUT2D eigenvalue weighted by molar-refractivity contribution is 6.07. The number of amides is 2. The average Bonchev–Trinajstić information content (AvgIpc) is 3.03. The first-order valence-electron chi connectivity index (χ1n) is 8.34. The largest absolute Gasteiger partial charge is 0.497 e. The third-order valence-electron chi connectivity index (χ3n) is 4.19. The number of morpholine rings is 1. The number of methoxy groups -OCH3 is 2. The molecule has 2 N–H and O–H groups in total. The van der Waals surface area contributed by atoms with Gasteiger partial charge in [-0.15, -0.1) is 0 Å². The number of benzene rings is 1. The maximum absolute atomic E-state index is 12.3. The number of aliphatic imine (C=N–C) groups is 1. The Kier molecular flexibility index (Phi) is 5.57. The van der Waals surface area contributed by atoms with E-state index in [1.54, 1.807) is 25.3 Å². The Morgan fingerprint density at radius 3 is 2.81 bits per heavy atom. The second-order valence-electron chi connectivity index (χ2n) is 5.88. The van der Waals surface area contributed by atoms with Crippen LogP contribution in [0.25, 0.3) is 0 Å². The fourth-order valence-corrected chi connectivity index (χ4v) is 2.78. The standard InChI is InChI=1S/C17H22N4O5/c1-24-11-3-4-12(14(9-11)25-2)18-15(22)10-13-16(23)20-17(19-13)21-5-7-26-8-6-21/h3-4,9,13H,5-8,10H2,1-2H3,(H,18,22)(H,19,20,23)/t13-/m0/s1. The van der Waals surface area contributed by atoms with Gasteiger partial charge in [0.15, 0.2) is 0 Å². The van der Waals surface area contributed by atoms with Gasteiger partial charge in [0, 0.05) is 19.2 Å². The van der Waals surface area contributed by atoms with Crippen molar-refractivity contribution in [1.82, 2.24) is 10.2 Å². The van der Waals surface area contributed by atoms with Crippen LogP contribution in [-0.4, -0.2) is 69.2 Å². The molecule has 1 fully saturated rings. The van der Waals surface area contributed by atoms with Gasteiger partial charge in [0.25, 0.3) is 5.91 Å². The smallest absolute Gasteiger partial charge is 0.252 e. The van der Waals surface area contributed by atoms with E-state index in [1.165, 1.54) is 7.11 Å². The van der Waals surface area contributed by atoms with E-state index >= 15 is 0 Å². The lowest BCUT2D eigenvalue weighted by molar-refractivity contribution is -0.124. The number of nitrogens with zero attached hydrogens (tertiary/aromatic N) is 2. The van der Waals surface area contributed by atoms with Crippen LogP contribution in [0.2, 0.25) is 0 Å². The summed E-state index contributed by atoms with van der Waals surface area (Å²) in [5.74, 6) is 1.02. The monoisotopic (exact) mass is 362 g/mol. The van der Waals surface area contributed by atoms with Crippen LogP contribution in [0, 0.1) is 0 Å². The molecule has 0 radical (unpaired) electrons. The van der Waals surface area contributed by atoms with Crippen LogP contribution in [0.1, 0.15) is 6.42 Å². The first-order chi connectivity index (χ1) is 12.6. The molecular weight excluding hydrogens is 340 g/mol. The van der Waals surface area contributed by atoms with Gasteiger partial charge >= 0.3 is 0 Å². The molecular formula is C17H22N4O5. The van der Waals surface area contributed by atoms with E-state index in [9.17, 15) is 9.59 Å². The van der Waals surface area contributed by atoms with Crippen molar-refractivity contribution in [2.75, 3.05) is 45.8 Å². The minimum atomic E-state index is -0.739. The van der Waals surface area contributed by atoms with Gasteiger partial charge < -0.3 is 24.4 Å². The zero-order chi connectivity index (χ0) is 18.5. The van der Waals surface area contributed by atoms with E-state index in [2.05, 4.69) is 15.6 Å². The number of hydrogen-bond acceptors (Lipinski definition) is 7. The van der Waals surface area contributed by atoms with E-state index in [0.717, 1.165) is 0 Å². The molecule has 1 atom stereocenters. The van der Waals surface area contributed by atoms with E-state index < -0.39 is 6.04 Å². The maximum Gasteiger partial charge on any atom is 0.252 e. The second kappa shape index (κ2) is 8.05. The lowest BCUT2D eigenvalue weighted by atomic mass is 10.2. The van der Waals surface area contributed by atoms with Gasteiger partial charge in [-0.25, -0.2) is 4.99 Å². The van der Waals surface area contributed by atoms with E-state index in [1.807, 2.05) is 4.90 Å². The van der Waals surface area contributed by atoms with Crippen LogP contribution in [0.4, 0.5) is 5.69 Å². The summed E-state index contributed by atoms with van der Waals surface area (Å²) in [4.78, 5) is 30.8. The van der Waals surface area contributed by atoms with E-state index in [4.69, 9.17) is 14.2 Å². The number of carbonyl (C=O) groups is 2. The molecule has 1 aromatic rings. The highest BCUT2D eigenvalue weighted by atomic mass is 16.5. The van der Waals surface area contributed by atoms with Crippen LogP contribution in [0.5, 0.6) is 11.5 Å². The third-order valence-corrected chi connectivity index (χ3v) is 4.19. The minimum Gasteiger partial charge on any atom is -0.497 e.